The minimum atomic E-state index is -0.937. The summed E-state index contributed by atoms with van der Waals surface area (Å²) in [5, 5.41) is 11.6. The van der Waals surface area contributed by atoms with Crippen LogP contribution in [-0.4, -0.2) is 35.1 Å². The van der Waals surface area contributed by atoms with Crippen molar-refractivity contribution in [2.75, 3.05) is 18.4 Å². The van der Waals surface area contributed by atoms with E-state index in [1.54, 1.807) is 6.92 Å². The predicted molar refractivity (Wildman–Crippen MR) is 75.1 cm³/mol. The van der Waals surface area contributed by atoms with E-state index >= 15 is 0 Å². The fourth-order valence-electron chi connectivity index (χ4n) is 2.10. The van der Waals surface area contributed by atoms with E-state index in [-0.39, 0.29) is 12.2 Å². The lowest BCUT2D eigenvalue weighted by Gasteiger charge is -2.20. The summed E-state index contributed by atoms with van der Waals surface area (Å²) in [5.74, 6) is -1.47. The molecule has 0 aliphatic carbocycles. The third kappa shape index (κ3) is 2.92. The van der Waals surface area contributed by atoms with Gasteiger partial charge in [-0.1, -0.05) is 15.9 Å². The first-order valence-corrected chi connectivity index (χ1v) is 6.85. The van der Waals surface area contributed by atoms with Gasteiger partial charge in [-0.15, -0.1) is 0 Å². The van der Waals surface area contributed by atoms with Crippen molar-refractivity contribution < 1.29 is 19.1 Å². The Bertz CT molecular complexity index is 567. The second-order valence-electron chi connectivity index (χ2n) is 5.09. The number of hydrogen-bond donors (Lipinski definition) is 2. The Hall–Kier alpha value is -1.63. The fraction of sp³-hybridized carbons (Fsp3) is 0.385. The predicted octanol–water partition coefficient (Wildman–Crippen LogP) is 2.92. The Labute approximate surface area is 123 Å². The molecule has 1 aliphatic heterocycles. The molecule has 1 fully saturated rings. The Balaban J connectivity index is 2.07. The molecule has 5 nitrogen and oxygen atoms in total. The number of nitrogens with zero attached hydrogens (tertiary/aromatic N) is 1. The molecule has 108 valence electrons. The van der Waals surface area contributed by atoms with E-state index in [1.807, 2.05) is 0 Å². The lowest BCUT2D eigenvalue weighted by Crippen LogP contribution is -2.37. The largest absolute Gasteiger partial charge is 0.481 e. The standard InChI is InChI=1S/C13H14BrFN2O3/c1-13(11(18)19)4-5-17(7-13)12(20)16-10-6-8(14)2-3-9(10)15/h2-3,6H,4-5,7H2,1H3,(H,16,20)(H,18,19). The molecular formula is C13H14BrFN2O3. The number of hydrogen-bond acceptors (Lipinski definition) is 2. The number of anilines is 1. The molecule has 1 atom stereocenters. The number of amides is 2. The average Bonchev–Trinajstić information content (AvgIpc) is 2.78. The molecule has 1 aromatic carbocycles. The van der Waals surface area contributed by atoms with Crippen LogP contribution >= 0.6 is 15.9 Å². The van der Waals surface area contributed by atoms with Crippen molar-refractivity contribution in [2.45, 2.75) is 13.3 Å². The third-order valence-electron chi connectivity index (χ3n) is 3.45. The maximum Gasteiger partial charge on any atom is 0.321 e. The highest BCUT2D eigenvalue weighted by molar-refractivity contribution is 9.10. The maximum atomic E-state index is 13.5. The van der Waals surface area contributed by atoms with Crippen molar-refractivity contribution >= 4 is 33.6 Å². The summed E-state index contributed by atoms with van der Waals surface area (Å²) in [5.41, 5.74) is -0.874. The van der Waals surface area contributed by atoms with Crippen LogP contribution in [0.15, 0.2) is 22.7 Å². The molecular weight excluding hydrogens is 331 g/mol. The molecule has 2 rings (SSSR count). The number of likely N-dealkylation sites (tertiary alicyclic amines) is 1. The van der Waals surface area contributed by atoms with Gasteiger partial charge in [-0.3, -0.25) is 4.79 Å². The normalized spacial score (nSPS) is 21.9. The van der Waals surface area contributed by atoms with E-state index in [4.69, 9.17) is 5.11 Å². The highest BCUT2D eigenvalue weighted by Crippen LogP contribution is 2.30. The van der Waals surface area contributed by atoms with Gasteiger partial charge in [-0.2, -0.15) is 0 Å². The molecule has 20 heavy (non-hydrogen) atoms. The molecule has 1 aromatic rings. The third-order valence-corrected chi connectivity index (χ3v) is 3.94. The van der Waals surface area contributed by atoms with Crippen LogP contribution in [-0.2, 0) is 4.79 Å². The van der Waals surface area contributed by atoms with Crippen LogP contribution in [0, 0.1) is 11.2 Å². The van der Waals surface area contributed by atoms with Crippen molar-refractivity contribution in [1.29, 1.82) is 0 Å². The van der Waals surface area contributed by atoms with Crippen molar-refractivity contribution in [3.05, 3.63) is 28.5 Å². The van der Waals surface area contributed by atoms with Gasteiger partial charge < -0.3 is 15.3 Å². The highest BCUT2D eigenvalue weighted by atomic mass is 79.9. The molecule has 0 bridgehead atoms. The second kappa shape index (κ2) is 5.40. The van der Waals surface area contributed by atoms with Gasteiger partial charge in [-0.05, 0) is 31.5 Å². The van der Waals surface area contributed by atoms with Crippen LogP contribution in [0.4, 0.5) is 14.9 Å². The molecule has 2 N–H and O–H groups in total. The summed E-state index contributed by atoms with van der Waals surface area (Å²) in [6, 6.07) is 3.74. The summed E-state index contributed by atoms with van der Waals surface area (Å²) < 4.78 is 14.2. The number of rotatable bonds is 2. The first kappa shape index (κ1) is 14.8. The van der Waals surface area contributed by atoms with Gasteiger partial charge in [0, 0.05) is 17.6 Å². The van der Waals surface area contributed by atoms with Gasteiger partial charge in [0.1, 0.15) is 5.82 Å². The molecule has 1 unspecified atom stereocenters. The van der Waals surface area contributed by atoms with Gasteiger partial charge in [0.05, 0.1) is 11.1 Å². The quantitative estimate of drug-likeness (QED) is 0.866. The molecule has 1 saturated heterocycles. The molecule has 1 heterocycles. The Morgan fingerprint density at radius 3 is 2.80 bits per heavy atom. The number of urea groups is 1. The number of nitrogens with one attached hydrogen (secondary N) is 1. The van der Waals surface area contributed by atoms with E-state index in [2.05, 4.69) is 21.2 Å². The van der Waals surface area contributed by atoms with Crippen LogP contribution in [0.5, 0.6) is 0 Å². The van der Waals surface area contributed by atoms with Crippen LogP contribution in [0.1, 0.15) is 13.3 Å². The first-order valence-electron chi connectivity index (χ1n) is 6.06. The van der Waals surface area contributed by atoms with Gasteiger partial charge >= 0.3 is 12.0 Å². The summed E-state index contributed by atoms with van der Waals surface area (Å²) in [7, 11) is 0. The lowest BCUT2D eigenvalue weighted by molar-refractivity contribution is -0.146. The molecule has 0 aromatic heterocycles. The van der Waals surface area contributed by atoms with Gasteiger partial charge in [0.25, 0.3) is 0 Å². The van der Waals surface area contributed by atoms with Gasteiger partial charge in [-0.25, -0.2) is 9.18 Å². The smallest absolute Gasteiger partial charge is 0.321 e. The molecule has 2 amide bonds. The number of carbonyl (C=O) groups is 2. The number of aliphatic carboxylic acids is 1. The first-order chi connectivity index (χ1) is 9.32. The van der Waals surface area contributed by atoms with E-state index in [9.17, 15) is 14.0 Å². The monoisotopic (exact) mass is 344 g/mol. The number of carboxylic acids is 1. The van der Waals surface area contributed by atoms with Crippen molar-refractivity contribution in [3.63, 3.8) is 0 Å². The number of carboxylic acid groups (broad SMARTS) is 1. The Morgan fingerprint density at radius 1 is 1.50 bits per heavy atom. The molecule has 1 aliphatic rings. The fourth-order valence-corrected chi connectivity index (χ4v) is 2.46. The van der Waals surface area contributed by atoms with Crippen molar-refractivity contribution in [1.82, 2.24) is 4.90 Å². The number of benzene rings is 1. The zero-order valence-electron chi connectivity index (χ0n) is 10.8. The zero-order valence-corrected chi connectivity index (χ0v) is 12.4. The Morgan fingerprint density at radius 2 is 2.20 bits per heavy atom. The minimum absolute atomic E-state index is 0.0632. The van der Waals surface area contributed by atoms with Crippen molar-refractivity contribution in [3.8, 4) is 0 Å². The van der Waals surface area contributed by atoms with Crippen LogP contribution in [0.3, 0.4) is 0 Å². The number of halogens is 2. The van der Waals surface area contributed by atoms with E-state index in [0.29, 0.717) is 17.4 Å². The van der Waals surface area contributed by atoms with Gasteiger partial charge in [0.2, 0.25) is 0 Å². The average molecular weight is 345 g/mol. The minimum Gasteiger partial charge on any atom is -0.481 e. The highest BCUT2D eigenvalue weighted by Gasteiger charge is 2.42. The summed E-state index contributed by atoms with van der Waals surface area (Å²) in [6.07, 6.45) is 0.386. The summed E-state index contributed by atoms with van der Waals surface area (Å²) in [6.45, 7) is 2.05. The van der Waals surface area contributed by atoms with E-state index in [0.717, 1.165) is 0 Å². The SMILES string of the molecule is CC1(C(=O)O)CCN(C(=O)Nc2cc(Br)ccc2F)C1. The topological polar surface area (TPSA) is 69.6 Å². The van der Waals surface area contributed by atoms with Crippen LogP contribution < -0.4 is 5.32 Å². The van der Waals surface area contributed by atoms with E-state index in [1.165, 1.54) is 23.1 Å². The lowest BCUT2D eigenvalue weighted by atomic mass is 9.90. The second-order valence-corrected chi connectivity index (χ2v) is 6.01. The zero-order chi connectivity index (χ0) is 14.9. The van der Waals surface area contributed by atoms with Gasteiger partial charge in [0.15, 0.2) is 0 Å². The molecule has 7 heteroatoms. The molecule has 0 spiro atoms. The summed E-state index contributed by atoms with van der Waals surface area (Å²) in [4.78, 5) is 24.5. The maximum absolute atomic E-state index is 13.5. The van der Waals surface area contributed by atoms with Crippen molar-refractivity contribution in [2.24, 2.45) is 5.41 Å². The van der Waals surface area contributed by atoms with Crippen LogP contribution in [0.2, 0.25) is 0 Å². The molecule has 0 radical (unpaired) electrons. The summed E-state index contributed by atoms with van der Waals surface area (Å²) >= 11 is 3.20. The van der Waals surface area contributed by atoms with E-state index < -0.39 is 23.2 Å². The Kier molecular flexibility index (Phi) is 3.99. The van der Waals surface area contributed by atoms with Crippen LogP contribution in [0.25, 0.3) is 0 Å². The molecule has 0 saturated carbocycles. The number of carbonyl (C=O) groups excluding carboxylic acids is 1.